The van der Waals surface area contributed by atoms with Gasteiger partial charge in [-0.15, -0.1) is 0 Å². The second-order valence-corrected chi connectivity index (χ2v) is 7.22. The summed E-state index contributed by atoms with van der Waals surface area (Å²) >= 11 is 12.1. The molecule has 7 heteroatoms. The van der Waals surface area contributed by atoms with E-state index in [1.165, 1.54) is 0 Å². The van der Waals surface area contributed by atoms with Crippen LogP contribution >= 0.6 is 23.2 Å². The Kier molecular flexibility index (Phi) is 4.86. The first-order valence-corrected chi connectivity index (χ1v) is 7.83. The molecule has 1 heterocycles. The molecular formula is C15H21BCl2N2O2. The highest BCUT2D eigenvalue weighted by molar-refractivity contribution is 6.56. The van der Waals surface area contributed by atoms with Crippen molar-refractivity contribution < 1.29 is 9.31 Å². The minimum Gasteiger partial charge on any atom is -0.400 e. The maximum absolute atomic E-state index is 6.06. The van der Waals surface area contributed by atoms with Gasteiger partial charge in [0.1, 0.15) is 0 Å². The van der Waals surface area contributed by atoms with Crippen LogP contribution in [0.2, 0.25) is 10.0 Å². The van der Waals surface area contributed by atoms with Crippen LogP contribution in [0.15, 0.2) is 17.6 Å². The molecule has 120 valence electrons. The normalized spacial score (nSPS) is 20.5. The largest absolute Gasteiger partial charge is 0.491 e. The zero-order valence-electron chi connectivity index (χ0n) is 13.2. The number of rotatable bonds is 3. The van der Waals surface area contributed by atoms with Crippen LogP contribution in [0.3, 0.4) is 0 Å². The third kappa shape index (κ3) is 3.29. The fourth-order valence-electron chi connectivity index (χ4n) is 2.12. The quantitative estimate of drug-likeness (QED) is 0.651. The number of nitrogens with two attached hydrogens (primary N) is 2. The van der Waals surface area contributed by atoms with E-state index in [2.05, 4.69) is 0 Å². The predicted molar refractivity (Wildman–Crippen MR) is 94.0 cm³/mol. The number of halogens is 2. The molecule has 1 saturated heterocycles. The van der Waals surface area contributed by atoms with Gasteiger partial charge in [-0.2, -0.15) is 0 Å². The summed E-state index contributed by atoms with van der Waals surface area (Å²) in [6.45, 7) is 8.29. The van der Waals surface area contributed by atoms with Gasteiger partial charge in [0.05, 0.1) is 26.9 Å². The van der Waals surface area contributed by atoms with Gasteiger partial charge >= 0.3 is 7.12 Å². The van der Waals surface area contributed by atoms with E-state index in [9.17, 15) is 0 Å². The van der Waals surface area contributed by atoms with Crippen molar-refractivity contribution in [1.29, 1.82) is 0 Å². The van der Waals surface area contributed by atoms with Gasteiger partial charge < -0.3 is 20.8 Å². The van der Waals surface area contributed by atoms with Gasteiger partial charge in [-0.3, -0.25) is 0 Å². The van der Waals surface area contributed by atoms with Crippen LogP contribution in [0.1, 0.15) is 33.3 Å². The molecule has 4 N–H and O–H groups in total. The van der Waals surface area contributed by atoms with Crippen LogP contribution in [0.5, 0.6) is 0 Å². The van der Waals surface area contributed by atoms with Crippen molar-refractivity contribution in [2.24, 2.45) is 5.73 Å². The van der Waals surface area contributed by atoms with Crippen molar-refractivity contribution in [3.8, 4) is 0 Å². The summed E-state index contributed by atoms with van der Waals surface area (Å²) in [7, 11) is -0.495. The average molecular weight is 343 g/mol. The third-order valence-corrected chi connectivity index (χ3v) is 4.87. The van der Waals surface area contributed by atoms with Crippen LogP contribution in [0.25, 0.3) is 6.08 Å². The van der Waals surface area contributed by atoms with E-state index < -0.39 is 18.3 Å². The van der Waals surface area contributed by atoms with Crippen LogP contribution < -0.4 is 11.5 Å². The van der Waals surface area contributed by atoms with Crippen molar-refractivity contribution in [3.05, 3.63) is 33.2 Å². The minimum atomic E-state index is -0.495. The van der Waals surface area contributed by atoms with Crippen LogP contribution in [-0.4, -0.2) is 24.9 Å². The lowest BCUT2D eigenvalue weighted by Crippen LogP contribution is -2.41. The molecule has 0 spiro atoms. The van der Waals surface area contributed by atoms with Crippen LogP contribution in [0, 0.1) is 0 Å². The topological polar surface area (TPSA) is 70.5 Å². The maximum Gasteiger partial charge on any atom is 0.491 e. The van der Waals surface area contributed by atoms with Crippen molar-refractivity contribution in [3.63, 3.8) is 0 Å². The lowest BCUT2D eigenvalue weighted by Gasteiger charge is -2.32. The highest BCUT2D eigenvalue weighted by atomic mass is 35.5. The first-order valence-electron chi connectivity index (χ1n) is 7.08. The molecule has 0 aromatic heterocycles. The Morgan fingerprint density at radius 1 is 1.14 bits per heavy atom. The second-order valence-electron chi connectivity index (χ2n) is 6.41. The van der Waals surface area contributed by atoms with Gasteiger partial charge in [-0.1, -0.05) is 29.3 Å². The van der Waals surface area contributed by atoms with Crippen LogP contribution in [0.4, 0.5) is 5.69 Å². The maximum atomic E-state index is 6.06. The van der Waals surface area contributed by atoms with Gasteiger partial charge in [0.15, 0.2) is 0 Å². The average Bonchev–Trinajstić information content (AvgIpc) is 2.61. The molecule has 1 aliphatic rings. The Morgan fingerprint density at radius 3 is 2.00 bits per heavy atom. The Hall–Kier alpha value is -0.715. The zero-order chi connectivity index (χ0) is 16.7. The Balaban J connectivity index is 2.34. The number of anilines is 1. The Bertz CT molecular complexity index is 579. The van der Waals surface area contributed by atoms with E-state index in [4.69, 9.17) is 44.0 Å². The molecule has 0 unspecified atom stereocenters. The summed E-state index contributed by atoms with van der Waals surface area (Å²) in [5.41, 5.74) is 12.8. The van der Waals surface area contributed by atoms with Crippen molar-refractivity contribution >= 4 is 42.1 Å². The molecule has 1 aromatic rings. The molecule has 0 bridgehead atoms. The predicted octanol–water partition coefficient (Wildman–Crippen LogP) is 3.55. The molecule has 2 rings (SSSR count). The lowest BCUT2D eigenvalue weighted by atomic mass is 9.77. The van der Waals surface area contributed by atoms with Crippen molar-refractivity contribution in [2.45, 2.75) is 38.9 Å². The zero-order valence-corrected chi connectivity index (χ0v) is 14.8. The van der Waals surface area contributed by atoms with Gasteiger partial charge in [0.2, 0.25) is 0 Å². The molecular weight excluding hydrogens is 322 g/mol. The second kappa shape index (κ2) is 6.06. The van der Waals surface area contributed by atoms with Gasteiger partial charge in [0, 0.05) is 6.54 Å². The molecule has 4 nitrogen and oxygen atoms in total. The van der Waals surface area contributed by atoms with E-state index in [1.54, 1.807) is 12.1 Å². The van der Waals surface area contributed by atoms with E-state index >= 15 is 0 Å². The monoisotopic (exact) mass is 342 g/mol. The third-order valence-electron chi connectivity index (χ3n) is 4.25. The first-order chi connectivity index (χ1) is 10.1. The molecule has 22 heavy (non-hydrogen) atoms. The molecule has 1 aromatic carbocycles. The van der Waals surface area contributed by atoms with Crippen molar-refractivity contribution in [2.75, 3.05) is 12.3 Å². The van der Waals surface area contributed by atoms with Crippen molar-refractivity contribution in [1.82, 2.24) is 0 Å². The summed E-state index contributed by atoms with van der Waals surface area (Å²) in [6, 6.07) is 3.48. The molecule has 0 saturated carbocycles. The van der Waals surface area contributed by atoms with E-state index in [0.717, 1.165) is 11.0 Å². The number of benzene rings is 1. The van der Waals surface area contributed by atoms with Crippen LogP contribution in [-0.2, 0) is 9.31 Å². The lowest BCUT2D eigenvalue weighted by molar-refractivity contribution is 0.00578. The highest BCUT2D eigenvalue weighted by Gasteiger charge is 2.52. The minimum absolute atomic E-state index is 0.302. The highest BCUT2D eigenvalue weighted by Crippen LogP contribution is 2.39. The summed E-state index contributed by atoms with van der Waals surface area (Å²) in [4.78, 5) is 0. The number of nitrogen functional groups attached to an aromatic ring is 1. The molecule has 0 radical (unpaired) electrons. The van der Waals surface area contributed by atoms with E-state index in [-0.39, 0.29) is 0 Å². The standard InChI is InChI=1S/C15H21BCl2N2O2/c1-14(2)15(3,4)22-16(21-14)10(8-19)5-9-6-11(17)13(20)12(18)7-9/h5-7H,8,19-20H2,1-4H3. The van der Waals surface area contributed by atoms with Gasteiger partial charge in [-0.05, 0) is 50.9 Å². The first kappa shape index (κ1) is 17.6. The molecule has 1 aliphatic heterocycles. The summed E-state index contributed by atoms with van der Waals surface area (Å²) in [5, 5.41) is 0.813. The fraction of sp³-hybridized carbons (Fsp3) is 0.467. The smallest absolute Gasteiger partial charge is 0.400 e. The van der Waals surface area contributed by atoms with E-state index in [1.807, 2.05) is 33.8 Å². The SMILES string of the molecule is CC1(C)OB(C(=Cc2cc(Cl)c(N)c(Cl)c2)CN)OC1(C)C. The van der Waals surface area contributed by atoms with Gasteiger partial charge in [0.25, 0.3) is 0 Å². The van der Waals surface area contributed by atoms with Gasteiger partial charge in [-0.25, -0.2) is 0 Å². The summed E-state index contributed by atoms with van der Waals surface area (Å²) in [5.74, 6) is 0. The molecule has 1 fully saturated rings. The molecule has 0 aliphatic carbocycles. The summed E-state index contributed by atoms with van der Waals surface area (Å²) < 4.78 is 12.0. The van der Waals surface area contributed by atoms with E-state index in [0.29, 0.717) is 22.3 Å². The number of hydrogen-bond acceptors (Lipinski definition) is 4. The Labute approximate surface area is 141 Å². The molecule has 0 amide bonds. The fourth-order valence-corrected chi connectivity index (χ4v) is 2.62. The molecule has 0 atom stereocenters. The number of hydrogen-bond donors (Lipinski definition) is 2. The summed E-state index contributed by atoms with van der Waals surface area (Å²) in [6.07, 6.45) is 1.87. The Morgan fingerprint density at radius 2 is 1.59 bits per heavy atom.